The van der Waals surface area contributed by atoms with Crippen LogP contribution >= 0.6 is 0 Å². The van der Waals surface area contributed by atoms with Gasteiger partial charge in [0.2, 0.25) is 5.95 Å². The average molecular weight is 540 g/mol. The third-order valence-corrected chi connectivity index (χ3v) is 7.52. The number of para-hydroxylation sites is 1. The summed E-state index contributed by atoms with van der Waals surface area (Å²) in [5.74, 6) is -1.19. The highest BCUT2D eigenvalue weighted by Gasteiger charge is 2.37. The maximum absolute atomic E-state index is 14.7. The van der Waals surface area contributed by atoms with Crippen molar-refractivity contribution in [1.82, 2.24) is 19.4 Å². The number of halogens is 3. The van der Waals surface area contributed by atoms with Crippen molar-refractivity contribution in [3.05, 3.63) is 71.6 Å². The van der Waals surface area contributed by atoms with Crippen LogP contribution in [-0.2, 0) is 4.79 Å². The van der Waals surface area contributed by atoms with Gasteiger partial charge >= 0.3 is 12.6 Å². The molecule has 3 aromatic heterocycles. The van der Waals surface area contributed by atoms with Gasteiger partial charge in [0.25, 0.3) is 0 Å². The SMILES string of the molecule is Cc1nc2cc(F)cc(-c3cnc(N4CCC(C)(C(=O)O)CC4)nc3)n2c1C(C)c1ccccc1OC(F)F. The number of carboxylic acid groups (broad SMARTS) is 1. The van der Waals surface area contributed by atoms with Crippen LogP contribution in [0.1, 0.15) is 49.6 Å². The predicted octanol–water partition coefficient (Wildman–Crippen LogP) is 5.68. The van der Waals surface area contributed by atoms with Crippen molar-refractivity contribution in [2.24, 2.45) is 5.41 Å². The molecule has 4 heterocycles. The molecular formula is C28H28F3N5O3. The summed E-state index contributed by atoms with van der Waals surface area (Å²) >= 11 is 0. The van der Waals surface area contributed by atoms with Crippen LogP contribution in [0.25, 0.3) is 16.9 Å². The molecule has 1 atom stereocenters. The van der Waals surface area contributed by atoms with Crippen molar-refractivity contribution in [2.75, 3.05) is 18.0 Å². The summed E-state index contributed by atoms with van der Waals surface area (Å²) in [5.41, 5.74) is 2.45. The number of imidazole rings is 1. The summed E-state index contributed by atoms with van der Waals surface area (Å²) in [4.78, 5) is 27.1. The normalized spacial score (nSPS) is 16.0. The van der Waals surface area contributed by atoms with Gasteiger partial charge in [-0.15, -0.1) is 0 Å². The van der Waals surface area contributed by atoms with E-state index in [-0.39, 0.29) is 5.75 Å². The summed E-state index contributed by atoms with van der Waals surface area (Å²) in [6.07, 6.45) is 4.15. The molecule has 4 aromatic rings. The minimum absolute atomic E-state index is 0.0613. The van der Waals surface area contributed by atoms with Crippen LogP contribution in [0, 0.1) is 18.2 Å². The molecule has 1 saturated heterocycles. The Kier molecular flexibility index (Phi) is 6.92. The molecule has 1 fully saturated rings. The molecule has 1 aromatic carbocycles. The summed E-state index contributed by atoms with van der Waals surface area (Å²) in [5, 5.41) is 9.49. The minimum Gasteiger partial charge on any atom is -0.481 e. The number of pyridine rings is 1. The van der Waals surface area contributed by atoms with E-state index < -0.39 is 29.7 Å². The fraction of sp³-hybridized carbons (Fsp3) is 0.357. The lowest BCUT2D eigenvalue weighted by molar-refractivity contribution is -0.149. The number of carboxylic acids is 1. The van der Waals surface area contributed by atoms with Crippen LogP contribution in [0.3, 0.4) is 0 Å². The van der Waals surface area contributed by atoms with Crippen LogP contribution in [0.5, 0.6) is 5.75 Å². The number of alkyl halides is 2. The van der Waals surface area contributed by atoms with Crippen LogP contribution in [0.15, 0.2) is 48.8 Å². The zero-order valence-electron chi connectivity index (χ0n) is 21.7. The van der Waals surface area contributed by atoms with Crippen molar-refractivity contribution in [1.29, 1.82) is 0 Å². The molecule has 8 nitrogen and oxygen atoms in total. The van der Waals surface area contributed by atoms with E-state index in [0.29, 0.717) is 65.7 Å². The molecule has 0 amide bonds. The van der Waals surface area contributed by atoms with Gasteiger partial charge in [-0.1, -0.05) is 25.1 Å². The highest BCUT2D eigenvalue weighted by Crippen LogP contribution is 2.37. The van der Waals surface area contributed by atoms with E-state index in [4.69, 9.17) is 4.74 Å². The summed E-state index contributed by atoms with van der Waals surface area (Å²) in [7, 11) is 0. The second kappa shape index (κ2) is 10.2. The van der Waals surface area contributed by atoms with E-state index in [1.165, 1.54) is 18.2 Å². The van der Waals surface area contributed by atoms with Gasteiger partial charge in [-0.25, -0.2) is 19.3 Å². The van der Waals surface area contributed by atoms with Gasteiger partial charge < -0.3 is 14.7 Å². The molecule has 204 valence electrons. The molecule has 1 unspecified atom stereocenters. The number of nitrogens with zero attached hydrogens (tertiary/aromatic N) is 5. The van der Waals surface area contributed by atoms with Crippen LogP contribution in [0.4, 0.5) is 19.1 Å². The Labute approximate surface area is 223 Å². The van der Waals surface area contributed by atoms with E-state index >= 15 is 0 Å². The third-order valence-electron chi connectivity index (χ3n) is 7.52. The number of carbonyl (C=O) groups is 1. The maximum atomic E-state index is 14.7. The van der Waals surface area contributed by atoms with Gasteiger partial charge in [-0.2, -0.15) is 8.78 Å². The summed E-state index contributed by atoms with van der Waals surface area (Å²) in [6, 6.07) is 9.26. The number of aromatic nitrogens is 4. The maximum Gasteiger partial charge on any atom is 0.387 e. The number of aliphatic carboxylic acids is 1. The van der Waals surface area contributed by atoms with Crippen molar-refractivity contribution in [2.45, 2.75) is 46.1 Å². The van der Waals surface area contributed by atoms with E-state index in [1.54, 1.807) is 48.8 Å². The van der Waals surface area contributed by atoms with Crippen molar-refractivity contribution >= 4 is 17.6 Å². The van der Waals surface area contributed by atoms with E-state index in [9.17, 15) is 23.1 Å². The Morgan fingerprint density at radius 1 is 1.13 bits per heavy atom. The molecule has 39 heavy (non-hydrogen) atoms. The predicted molar refractivity (Wildman–Crippen MR) is 139 cm³/mol. The second-order valence-electron chi connectivity index (χ2n) is 10.1. The number of fused-ring (bicyclic) bond motifs is 1. The average Bonchev–Trinajstić information content (AvgIpc) is 3.23. The van der Waals surface area contributed by atoms with E-state index in [2.05, 4.69) is 15.0 Å². The molecule has 1 aliphatic heterocycles. The smallest absolute Gasteiger partial charge is 0.387 e. The topological polar surface area (TPSA) is 92.9 Å². The molecule has 5 rings (SSSR count). The Bertz CT molecular complexity index is 1520. The fourth-order valence-corrected chi connectivity index (χ4v) is 5.21. The molecule has 0 bridgehead atoms. The first kappa shape index (κ1) is 26.5. The lowest BCUT2D eigenvalue weighted by atomic mass is 9.80. The highest BCUT2D eigenvalue weighted by atomic mass is 19.3. The third kappa shape index (κ3) is 5.00. The monoisotopic (exact) mass is 539 g/mol. The zero-order chi connectivity index (χ0) is 27.9. The van der Waals surface area contributed by atoms with Crippen LogP contribution < -0.4 is 9.64 Å². The van der Waals surface area contributed by atoms with Gasteiger partial charge in [-0.05, 0) is 38.8 Å². The Balaban J connectivity index is 1.52. The number of benzene rings is 1. The molecule has 0 saturated carbocycles. The number of aryl methyl sites for hydroxylation is 1. The standard InChI is InChI=1S/C28H28F3N5O3/c1-16(20-6-4-5-7-22(20)39-26(30)31)24-17(2)34-23-13-19(29)12-21(36(23)24)18-14-32-27(33-15-18)35-10-8-28(3,9-11-35)25(37)38/h4-7,12-16,26H,8-11H2,1-3H3,(H,37,38). The number of hydrogen-bond donors (Lipinski definition) is 1. The lowest BCUT2D eigenvalue weighted by Gasteiger charge is -2.36. The first-order valence-corrected chi connectivity index (χ1v) is 12.6. The molecule has 0 radical (unpaired) electrons. The van der Waals surface area contributed by atoms with E-state index in [1.807, 2.05) is 11.8 Å². The number of rotatable bonds is 7. The van der Waals surface area contributed by atoms with Crippen molar-refractivity contribution in [3.8, 4) is 17.0 Å². The molecule has 11 heteroatoms. The largest absolute Gasteiger partial charge is 0.481 e. The highest BCUT2D eigenvalue weighted by molar-refractivity contribution is 5.74. The Morgan fingerprint density at radius 3 is 2.44 bits per heavy atom. The van der Waals surface area contributed by atoms with Gasteiger partial charge in [0.1, 0.15) is 17.2 Å². The second-order valence-corrected chi connectivity index (χ2v) is 10.1. The summed E-state index contributed by atoms with van der Waals surface area (Å²) in [6.45, 7) is 3.44. The molecule has 0 aliphatic carbocycles. The minimum atomic E-state index is -2.97. The van der Waals surface area contributed by atoms with Gasteiger partial charge in [-0.3, -0.25) is 9.20 Å². The molecular weight excluding hydrogens is 511 g/mol. The fourth-order valence-electron chi connectivity index (χ4n) is 5.21. The first-order chi connectivity index (χ1) is 18.6. The van der Waals surface area contributed by atoms with Crippen molar-refractivity contribution in [3.63, 3.8) is 0 Å². The quantitative estimate of drug-likeness (QED) is 0.323. The van der Waals surface area contributed by atoms with E-state index in [0.717, 1.165) is 0 Å². The van der Waals surface area contributed by atoms with Gasteiger partial charge in [0, 0.05) is 48.6 Å². The Morgan fingerprint density at radius 2 is 1.79 bits per heavy atom. The number of hydrogen-bond acceptors (Lipinski definition) is 6. The van der Waals surface area contributed by atoms with Gasteiger partial charge in [0.05, 0.1) is 22.5 Å². The Hall–Kier alpha value is -4.15. The number of piperidine rings is 1. The first-order valence-electron chi connectivity index (χ1n) is 12.6. The summed E-state index contributed by atoms with van der Waals surface area (Å²) < 4.78 is 47.4. The lowest BCUT2D eigenvalue weighted by Crippen LogP contribution is -2.43. The number of anilines is 1. The van der Waals surface area contributed by atoms with Crippen molar-refractivity contribution < 1.29 is 27.8 Å². The molecule has 0 spiro atoms. The van der Waals surface area contributed by atoms with Crippen LogP contribution in [-0.4, -0.2) is 50.1 Å². The molecule has 1 N–H and O–H groups in total. The molecule has 1 aliphatic rings. The van der Waals surface area contributed by atoms with Crippen LogP contribution in [0.2, 0.25) is 0 Å². The van der Waals surface area contributed by atoms with Gasteiger partial charge in [0.15, 0.2) is 0 Å². The number of ether oxygens (including phenoxy) is 1. The zero-order valence-corrected chi connectivity index (χ0v) is 21.7.